The molecule has 1 aromatic carbocycles. The average molecular weight is 298 g/mol. The number of benzene rings is 1. The van der Waals surface area contributed by atoms with E-state index in [1.165, 1.54) is 12.8 Å². The second-order valence-corrected chi connectivity index (χ2v) is 6.10. The summed E-state index contributed by atoms with van der Waals surface area (Å²) in [6.07, 6.45) is 3.72. The fraction of sp³-hybridized carbons (Fsp3) is 0.571. The highest BCUT2D eigenvalue weighted by atomic mass is 79.9. The van der Waals surface area contributed by atoms with Gasteiger partial charge in [0.25, 0.3) is 0 Å². The van der Waals surface area contributed by atoms with Crippen LogP contribution in [0.2, 0.25) is 0 Å². The Kier molecular flexibility index (Phi) is 4.10. The number of hydrogen-bond acceptors (Lipinski definition) is 2. The third-order valence-corrected chi connectivity index (χ3v) is 4.31. The molecular weight excluding hydrogens is 278 g/mol. The van der Waals surface area contributed by atoms with Crippen LogP contribution in [-0.4, -0.2) is 13.2 Å². The molecule has 2 N–H and O–H groups in total. The lowest BCUT2D eigenvalue weighted by Crippen LogP contribution is -2.31. The quantitative estimate of drug-likeness (QED) is 0.871. The Hall–Kier alpha value is -0.540. The molecule has 2 rings (SSSR count). The Morgan fingerprint density at radius 1 is 1.35 bits per heavy atom. The molecule has 17 heavy (non-hydrogen) atoms. The van der Waals surface area contributed by atoms with Crippen LogP contribution >= 0.6 is 15.9 Å². The van der Waals surface area contributed by atoms with Crippen LogP contribution in [0.4, 0.5) is 0 Å². The summed E-state index contributed by atoms with van der Waals surface area (Å²) >= 11 is 3.41. The first-order valence-electron chi connectivity index (χ1n) is 6.22. The van der Waals surface area contributed by atoms with Crippen molar-refractivity contribution in [3.63, 3.8) is 0 Å². The molecule has 1 aromatic rings. The molecule has 0 saturated heterocycles. The Bertz CT molecular complexity index is 361. The van der Waals surface area contributed by atoms with Crippen molar-refractivity contribution in [3.8, 4) is 5.75 Å². The maximum atomic E-state index is 5.89. The van der Waals surface area contributed by atoms with E-state index in [2.05, 4.69) is 22.9 Å². The summed E-state index contributed by atoms with van der Waals surface area (Å²) in [7, 11) is 0. The summed E-state index contributed by atoms with van der Waals surface area (Å²) < 4.78 is 6.84. The van der Waals surface area contributed by atoms with Crippen LogP contribution in [0.5, 0.6) is 5.75 Å². The number of hydrogen-bond donors (Lipinski definition) is 1. The van der Waals surface area contributed by atoms with Gasteiger partial charge in [-0.3, -0.25) is 0 Å². The van der Waals surface area contributed by atoms with Gasteiger partial charge in [0.15, 0.2) is 0 Å². The standard InChI is InChI=1S/C14H20BrNO/c1-14(10-16,11-2-3-11)8-9-17-13-6-4-12(15)5-7-13/h4-7,11H,2-3,8-10,16H2,1H3. The minimum absolute atomic E-state index is 0.273. The van der Waals surface area contributed by atoms with Crippen LogP contribution in [0.15, 0.2) is 28.7 Å². The number of nitrogens with two attached hydrogens (primary N) is 1. The molecule has 0 radical (unpaired) electrons. The van der Waals surface area contributed by atoms with E-state index >= 15 is 0 Å². The van der Waals surface area contributed by atoms with E-state index in [4.69, 9.17) is 10.5 Å². The van der Waals surface area contributed by atoms with Crippen molar-refractivity contribution in [2.24, 2.45) is 17.1 Å². The Morgan fingerprint density at radius 2 is 2.00 bits per heavy atom. The smallest absolute Gasteiger partial charge is 0.119 e. The SMILES string of the molecule is CC(CN)(CCOc1ccc(Br)cc1)C1CC1. The molecule has 1 unspecified atom stereocenters. The van der Waals surface area contributed by atoms with Gasteiger partial charge in [0.05, 0.1) is 6.61 Å². The van der Waals surface area contributed by atoms with E-state index in [-0.39, 0.29) is 5.41 Å². The lowest BCUT2D eigenvalue weighted by atomic mass is 9.82. The van der Waals surface area contributed by atoms with Gasteiger partial charge in [-0.25, -0.2) is 0 Å². The van der Waals surface area contributed by atoms with Crippen molar-refractivity contribution >= 4 is 15.9 Å². The molecule has 0 aliphatic heterocycles. The molecule has 0 bridgehead atoms. The molecule has 1 aliphatic carbocycles. The second-order valence-electron chi connectivity index (χ2n) is 5.18. The van der Waals surface area contributed by atoms with E-state index in [1.54, 1.807) is 0 Å². The van der Waals surface area contributed by atoms with E-state index in [0.717, 1.165) is 35.7 Å². The van der Waals surface area contributed by atoms with Gasteiger partial charge in [0.1, 0.15) is 5.75 Å². The van der Waals surface area contributed by atoms with Gasteiger partial charge < -0.3 is 10.5 Å². The molecule has 94 valence electrons. The minimum atomic E-state index is 0.273. The third-order valence-electron chi connectivity index (χ3n) is 3.78. The lowest BCUT2D eigenvalue weighted by molar-refractivity contribution is 0.192. The van der Waals surface area contributed by atoms with Crippen LogP contribution in [0.1, 0.15) is 26.2 Å². The predicted octanol–water partition coefficient (Wildman–Crippen LogP) is 3.59. The summed E-state index contributed by atoms with van der Waals surface area (Å²) in [5.41, 5.74) is 6.16. The van der Waals surface area contributed by atoms with Crippen molar-refractivity contribution in [3.05, 3.63) is 28.7 Å². The Balaban J connectivity index is 1.80. The molecule has 0 spiro atoms. The highest BCUT2D eigenvalue weighted by Gasteiger charge is 2.40. The Morgan fingerprint density at radius 3 is 2.53 bits per heavy atom. The predicted molar refractivity (Wildman–Crippen MR) is 74.1 cm³/mol. The molecule has 0 amide bonds. The summed E-state index contributed by atoms with van der Waals surface area (Å²) in [6.45, 7) is 3.81. The van der Waals surface area contributed by atoms with Gasteiger partial charge in [-0.15, -0.1) is 0 Å². The molecule has 0 heterocycles. The van der Waals surface area contributed by atoms with E-state index in [0.29, 0.717) is 0 Å². The molecule has 0 aromatic heterocycles. The maximum Gasteiger partial charge on any atom is 0.119 e. The summed E-state index contributed by atoms with van der Waals surface area (Å²) in [6, 6.07) is 7.97. The molecular formula is C14H20BrNO. The zero-order chi connectivity index (χ0) is 12.3. The molecule has 1 saturated carbocycles. The number of halogens is 1. The van der Waals surface area contributed by atoms with Gasteiger partial charge in [-0.05, 0) is 61.4 Å². The first kappa shape index (κ1) is 12.9. The third kappa shape index (κ3) is 3.46. The summed E-state index contributed by atoms with van der Waals surface area (Å²) in [4.78, 5) is 0. The van der Waals surface area contributed by atoms with Gasteiger partial charge >= 0.3 is 0 Å². The van der Waals surface area contributed by atoms with E-state index < -0.39 is 0 Å². The zero-order valence-corrected chi connectivity index (χ0v) is 11.9. The topological polar surface area (TPSA) is 35.2 Å². The van der Waals surface area contributed by atoms with Crippen molar-refractivity contribution in [1.29, 1.82) is 0 Å². The van der Waals surface area contributed by atoms with Crippen molar-refractivity contribution < 1.29 is 4.74 Å². The highest BCUT2D eigenvalue weighted by molar-refractivity contribution is 9.10. The van der Waals surface area contributed by atoms with Gasteiger partial charge in [0, 0.05) is 4.47 Å². The van der Waals surface area contributed by atoms with Gasteiger partial charge in [-0.2, -0.15) is 0 Å². The summed E-state index contributed by atoms with van der Waals surface area (Å²) in [5.74, 6) is 1.75. The lowest BCUT2D eigenvalue weighted by Gasteiger charge is -2.27. The van der Waals surface area contributed by atoms with E-state index in [1.807, 2.05) is 24.3 Å². The van der Waals surface area contributed by atoms with Gasteiger partial charge in [-0.1, -0.05) is 22.9 Å². The fourth-order valence-electron chi connectivity index (χ4n) is 2.19. The van der Waals surface area contributed by atoms with Crippen LogP contribution in [0.25, 0.3) is 0 Å². The van der Waals surface area contributed by atoms with E-state index in [9.17, 15) is 0 Å². The van der Waals surface area contributed by atoms with Crippen LogP contribution in [-0.2, 0) is 0 Å². The van der Waals surface area contributed by atoms with Crippen LogP contribution in [0, 0.1) is 11.3 Å². The van der Waals surface area contributed by atoms with Crippen LogP contribution in [0.3, 0.4) is 0 Å². The molecule has 1 fully saturated rings. The highest BCUT2D eigenvalue weighted by Crippen LogP contribution is 2.46. The maximum absolute atomic E-state index is 5.89. The molecule has 2 nitrogen and oxygen atoms in total. The zero-order valence-electron chi connectivity index (χ0n) is 10.3. The van der Waals surface area contributed by atoms with Crippen LogP contribution < -0.4 is 10.5 Å². The van der Waals surface area contributed by atoms with Crippen molar-refractivity contribution in [2.45, 2.75) is 26.2 Å². The monoisotopic (exact) mass is 297 g/mol. The van der Waals surface area contributed by atoms with Crippen molar-refractivity contribution in [1.82, 2.24) is 0 Å². The van der Waals surface area contributed by atoms with Gasteiger partial charge in [0.2, 0.25) is 0 Å². The minimum Gasteiger partial charge on any atom is -0.494 e. The first-order chi connectivity index (χ1) is 8.14. The first-order valence-corrected chi connectivity index (χ1v) is 7.02. The normalized spacial score (nSPS) is 18.8. The fourth-order valence-corrected chi connectivity index (χ4v) is 2.45. The summed E-state index contributed by atoms with van der Waals surface area (Å²) in [5, 5.41) is 0. The molecule has 1 atom stereocenters. The molecule has 1 aliphatic rings. The number of rotatable bonds is 6. The largest absolute Gasteiger partial charge is 0.494 e. The van der Waals surface area contributed by atoms with Crippen molar-refractivity contribution in [2.75, 3.05) is 13.2 Å². The molecule has 3 heteroatoms. The average Bonchev–Trinajstić information content (AvgIpc) is 3.16. The Labute approximate surface area is 112 Å². The number of ether oxygens (including phenoxy) is 1. The second kappa shape index (κ2) is 5.40.